The number of rotatable bonds is 3. The molecule has 1 aliphatic rings. The monoisotopic (exact) mass is 356 g/mol. The van der Waals surface area contributed by atoms with Crippen molar-refractivity contribution in [3.8, 4) is 16.9 Å². The molecular formula is C24H24OSi. The average Bonchev–Trinajstić information content (AvgIpc) is 3.12. The van der Waals surface area contributed by atoms with E-state index in [0.717, 1.165) is 22.7 Å². The highest BCUT2D eigenvalue weighted by atomic mass is 28.3. The van der Waals surface area contributed by atoms with Gasteiger partial charge < -0.3 is 5.11 Å². The molecule has 2 heteroatoms. The maximum atomic E-state index is 11.2. The van der Waals surface area contributed by atoms with E-state index in [1.54, 1.807) is 0 Å². The Hall–Kier alpha value is -2.58. The summed E-state index contributed by atoms with van der Waals surface area (Å²) in [6.07, 6.45) is 5.51. The van der Waals surface area contributed by atoms with E-state index in [0.29, 0.717) is 5.75 Å². The van der Waals surface area contributed by atoms with Gasteiger partial charge in [-0.05, 0) is 46.5 Å². The lowest BCUT2D eigenvalue weighted by Gasteiger charge is -2.28. The van der Waals surface area contributed by atoms with Gasteiger partial charge in [-0.25, -0.2) is 0 Å². The summed E-state index contributed by atoms with van der Waals surface area (Å²) in [6, 6.07) is 21.1. The first-order valence-corrected chi connectivity index (χ1v) is 12.2. The van der Waals surface area contributed by atoms with E-state index in [4.69, 9.17) is 0 Å². The van der Waals surface area contributed by atoms with Crippen LogP contribution in [0.15, 0.2) is 66.7 Å². The number of hydrogen-bond acceptors (Lipinski definition) is 1. The van der Waals surface area contributed by atoms with E-state index in [-0.39, 0.29) is 0 Å². The van der Waals surface area contributed by atoms with Crippen molar-refractivity contribution in [2.75, 3.05) is 0 Å². The van der Waals surface area contributed by atoms with Crippen molar-refractivity contribution in [3.05, 3.63) is 83.4 Å². The zero-order valence-electron chi connectivity index (χ0n) is 15.6. The minimum atomic E-state index is -2.05. The quantitative estimate of drug-likeness (QED) is 0.671. The van der Waals surface area contributed by atoms with Crippen molar-refractivity contribution < 1.29 is 5.11 Å². The molecular weight excluding hydrogens is 332 g/mol. The molecule has 0 amide bonds. The van der Waals surface area contributed by atoms with Crippen LogP contribution in [-0.4, -0.2) is 13.2 Å². The van der Waals surface area contributed by atoms with Gasteiger partial charge in [0.1, 0.15) is 13.8 Å². The van der Waals surface area contributed by atoms with Crippen LogP contribution in [0.2, 0.25) is 13.1 Å². The summed E-state index contributed by atoms with van der Waals surface area (Å²) in [6.45, 7) is 6.81. The summed E-state index contributed by atoms with van der Waals surface area (Å²) in [7, 11) is -2.05. The van der Waals surface area contributed by atoms with Crippen molar-refractivity contribution in [2.45, 2.75) is 26.4 Å². The van der Waals surface area contributed by atoms with Gasteiger partial charge in [0, 0.05) is 5.56 Å². The number of hydrogen-bond donors (Lipinski definition) is 1. The molecule has 0 atom stereocenters. The Balaban J connectivity index is 1.92. The first-order valence-electron chi connectivity index (χ1n) is 9.17. The molecule has 0 radical (unpaired) electrons. The van der Waals surface area contributed by atoms with Crippen molar-refractivity contribution in [1.29, 1.82) is 0 Å². The average molecular weight is 357 g/mol. The molecule has 0 unspecified atom stereocenters. The largest absolute Gasteiger partial charge is 0.507 e. The SMILES string of the molecule is Cc1cc(-c2ccccc2)c(O)c([Si](C)(C)c2cccc3c2C=CC3)c1. The van der Waals surface area contributed by atoms with E-state index < -0.39 is 8.07 Å². The number of allylic oxidation sites excluding steroid dienone is 1. The van der Waals surface area contributed by atoms with E-state index in [9.17, 15) is 5.11 Å². The van der Waals surface area contributed by atoms with Gasteiger partial charge >= 0.3 is 0 Å². The van der Waals surface area contributed by atoms with Gasteiger partial charge in [-0.2, -0.15) is 0 Å². The van der Waals surface area contributed by atoms with E-state index in [1.807, 2.05) is 18.2 Å². The fourth-order valence-electron chi connectivity index (χ4n) is 4.07. The van der Waals surface area contributed by atoms with Crippen molar-refractivity contribution in [3.63, 3.8) is 0 Å². The Kier molecular flexibility index (Phi) is 4.08. The van der Waals surface area contributed by atoms with Gasteiger partial charge in [-0.15, -0.1) is 0 Å². The van der Waals surface area contributed by atoms with Crippen LogP contribution in [0.25, 0.3) is 17.2 Å². The van der Waals surface area contributed by atoms with Gasteiger partial charge in [0.25, 0.3) is 0 Å². The number of phenols is 1. The fraction of sp³-hybridized carbons (Fsp3) is 0.167. The number of fused-ring (bicyclic) bond motifs is 1. The van der Waals surface area contributed by atoms with Crippen LogP contribution in [0, 0.1) is 6.92 Å². The zero-order valence-corrected chi connectivity index (χ0v) is 16.6. The summed E-state index contributed by atoms with van der Waals surface area (Å²) in [4.78, 5) is 0. The van der Waals surface area contributed by atoms with Gasteiger partial charge in [0.05, 0.1) is 0 Å². The molecule has 130 valence electrons. The lowest BCUT2D eigenvalue weighted by Crippen LogP contribution is -2.54. The van der Waals surface area contributed by atoms with Gasteiger partial charge in [-0.3, -0.25) is 0 Å². The molecule has 26 heavy (non-hydrogen) atoms. The minimum absolute atomic E-state index is 0.443. The second kappa shape index (κ2) is 6.29. The molecule has 3 aromatic rings. The molecule has 0 saturated heterocycles. The zero-order chi connectivity index (χ0) is 18.3. The summed E-state index contributed by atoms with van der Waals surface area (Å²) < 4.78 is 0. The van der Waals surface area contributed by atoms with E-state index >= 15 is 0 Å². The molecule has 0 saturated carbocycles. The Morgan fingerprint density at radius 2 is 1.65 bits per heavy atom. The highest BCUT2D eigenvalue weighted by molar-refractivity contribution is 7.01. The Bertz CT molecular complexity index is 1000. The maximum absolute atomic E-state index is 11.2. The first-order chi connectivity index (χ1) is 12.5. The summed E-state index contributed by atoms with van der Waals surface area (Å²) in [5, 5.41) is 13.8. The van der Waals surface area contributed by atoms with Crippen LogP contribution in [0.5, 0.6) is 5.75 Å². The standard InChI is InChI=1S/C24H24OSi/c1-17-15-21(19-9-5-4-6-10-19)24(25)23(16-17)26(2,3)22-14-8-12-18-11-7-13-20(18)22/h4-10,12-16,25H,11H2,1-3H3. The molecule has 0 aromatic heterocycles. The highest BCUT2D eigenvalue weighted by Gasteiger charge is 2.33. The van der Waals surface area contributed by atoms with Crippen LogP contribution >= 0.6 is 0 Å². The van der Waals surface area contributed by atoms with Gasteiger partial charge in [0.2, 0.25) is 0 Å². The molecule has 1 aliphatic carbocycles. The van der Waals surface area contributed by atoms with Crippen molar-refractivity contribution >= 4 is 24.5 Å². The lowest BCUT2D eigenvalue weighted by molar-refractivity contribution is 0.481. The molecule has 0 aliphatic heterocycles. The molecule has 0 fully saturated rings. The van der Waals surface area contributed by atoms with Crippen LogP contribution in [0.4, 0.5) is 0 Å². The molecule has 3 aromatic carbocycles. The Labute approximate surface area is 156 Å². The van der Waals surface area contributed by atoms with Crippen LogP contribution in [-0.2, 0) is 6.42 Å². The number of aryl methyl sites for hydroxylation is 1. The number of phenolic OH excluding ortho intramolecular Hbond substituents is 1. The topological polar surface area (TPSA) is 20.2 Å². The van der Waals surface area contributed by atoms with E-state index in [2.05, 4.69) is 74.6 Å². The normalized spacial score (nSPS) is 13.0. The smallest absolute Gasteiger partial charge is 0.123 e. The molecule has 4 rings (SSSR count). The van der Waals surface area contributed by atoms with Crippen molar-refractivity contribution in [1.82, 2.24) is 0 Å². The van der Waals surface area contributed by atoms with Crippen molar-refractivity contribution in [2.24, 2.45) is 0 Å². The van der Waals surface area contributed by atoms with E-state index in [1.165, 1.54) is 21.9 Å². The van der Waals surface area contributed by atoms with Crippen LogP contribution in [0.1, 0.15) is 16.7 Å². The second-order valence-corrected chi connectivity index (χ2v) is 12.0. The van der Waals surface area contributed by atoms with Gasteiger partial charge in [0.15, 0.2) is 0 Å². The Morgan fingerprint density at radius 3 is 2.42 bits per heavy atom. The van der Waals surface area contributed by atoms with Crippen LogP contribution in [0.3, 0.4) is 0 Å². The molecule has 1 N–H and O–H groups in total. The number of aromatic hydroxyl groups is 1. The fourth-order valence-corrected chi connectivity index (χ4v) is 7.11. The molecule has 0 heterocycles. The minimum Gasteiger partial charge on any atom is -0.507 e. The second-order valence-electron chi connectivity index (χ2n) is 7.68. The summed E-state index contributed by atoms with van der Waals surface area (Å²) >= 11 is 0. The van der Waals surface area contributed by atoms with Gasteiger partial charge in [-0.1, -0.05) is 85.4 Å². The lowest BCUT2D eigenvalue weighted by atomic mass is 10.0. The maximum Gasteiger partial charge on any atom is 0.123 e. The summed E-state index contributed by atoms with van der Waals surface area (Å²) in [5.74, 6) is 0.443. The molecule has 0 spiro atoms. The third kappa shape index (κ3) is 2.71. The Morgan fingerprint density at radius 1 is 0.885 bits per heavy atom. The predicted octanol–water partition coefficient (Wildman–Crippen LogP) is 4.76. The third-order valence-corrected chi connectivity index (χ3v) is 9.01. The molecule has 1 nitrogen and oxygen atoms in total. The highest BCUT2D eigenvalue weighted by Crippen LogP contribution is 2.31. The van der Waals surface area contributed by atoms with Crippen LogP contribution < -0.4 is 10.4 Å². The predicted molar refractivity (Wildman–Crippen MR) is 114 cm³/mol. The first kappa shape index (κ1) is 16.9. The number of benzene rings is 3. The molecule has 0 bridgehead atoms. The summed E-state index contributed by atoms with van der Waals surface area (Å²) in [5.41, 5.74) is 5.97. The third-order valence-electron chi connectivity index (χ3n) is 5.50.